The SMILES string of the molecule is CCNC(Cc1c(Br)c(CC)nn1C)c1csnn1. The Hall–Kier alpha value is -0.790. The molecule has 0 aliphatic carbocycles. The van der Waals surface area contributed by atoms with Gasteiger partial charge in [0, 0.05) is 18.8 Å². The molecule has 0 aromatic carbocycles. The smallest absolute Gasteiger partial charge is 0.0928 e. The van der Waals surface area contributed by atoms with Crippen LogP contribution in [-0.2, 0) is 19.9 Å². The van der Waals surface area contributed by atoms with Gasteiger partial charge in [0.25, 0.3) is 0 Å². The minimum absolute atomic E-state index is 0.181. The van der Waals surface area contributed by atoms with Gasteiger partial charge in [-0.1, -0.05) is 18.3 Å². The standard InChI is InChI=1S/C12H18BrN5S/c1-4-8-12(13)11(18(3)16-8)6-9(14-5-2)10-7-19-17-15-10/h7,9,14H,4-6H2,1-3H3. The molecular weight excluding hydrogens is 326 g/mol. The number of rotatable bonds is 6. The minimum Gasteiger partial charge on any atom is -0.308 e. The van der Waals surface area contributed by atoms with E-state index in [4.69, 9.17) is 0 Å². The molecule has 0 amide bonds. The Balaban J connectivity index is 2.24. The van der Waals surface area contributed by atoms with Gasteiger partial charge in [0.1, 0.15) is 0 Å². The molecule has 1 atom stereocenters. The van der Waals surface area contributed by atoms with Crippen molar-refractivity contribution < 1.29 is 0 Å². The van der Waals surface area contributed by atoms with Crippen molar-refractivity contribution in [2.24, 2.45) is 7.05 Å². The molecule has 0 bridgehead atoms. The highest BCUT2D eigenvalue weighted by Gasteiger charge is 2.20. The van der Waals surface area contributed by atoms with Gasteiger partial charge in [-0.15, -0.1) is 5.10 Å². The van der Waals surface area contributed by atoms with Crippen LogP contribution < -0.4 is 5.32 Å². The summed E-state index contributed by atoms with van der Waals surface area (Å²) in [5.41, 5.74) is 3.29. The topological polar surface area (TPSA) is 55.6 Å². The van der Waals surface area contributed by atoms with Crippen LogP contribution in [0.4, 0.5) is 0 Å². The molecule has 2 aromatic heterocycles. The zero-order chi connectivity index (χ0) is 13.8. The maximum atomic E-state index is 4.53. The average molecular weight is 344 g/mol. The van der Waals surface area contributed by atoms with Crippen molar-refractivity contribution in [3.05, 3.63) is 26.9 Å². The van der Waals surface area contributed by atoms with E-state index in [0.29, 0.717) is 0 Å². The predicted octanol–water partition coefficient (Wildman–Crippen LogP) is 2.49. The summed E-state index contributed by atoms with van der Waals surface area (Å²) in [5, 5.41) is 14.2. The lowest BCUT2D eigenvalue weighted by molar-refractivity contribution is 0.515. The lowest BCUT2D eigenvalue weighted by atomic mass is 10.1. The number of aryl methyl sites for hydroxylation is 2. The molecule has 5 nitrogen and oxygen atoms in total. The summed E-state index contributed by atoms with van der Waals surface area (Å²) < 4.78 is 7.02. The highest BCUT2D eigenvalue weighted by molar-refractivity contribution is 9.10. The molecule has 2 aromatic rings. The molecule has 0 spiro atoms. The van der Waals surface area contributed by atoms with Crippen LogP contribution in [0.5, 0.6) is 0 Å². The largest absolute Gasteiger partial charge is 0.308 e. The molecule has 0 aliphatic rings. The molecule has 104 valence electrons. The second kappa shape index (κ2) is 6.58. The summed E-state index contributed by atoms with van der Waals surface area (Å²) in [5.74, 6) is 0. The first-order chi connectivity index (χ1) is 9.17. The molecule has 1 unspecified atom stereocenters. The van der Waals surface area contributed by atoms with Crippen LogP contribution in [0.15, 0.2) is 9.85 Å². The van der Waals surface area contributed by atoms with Crippen LogP contribution in [0.25, 0.3) is 0 Å². The highest BCUT2D eigenvalue weighted by Crippen LogP contribution is 2.26. The maximum Gasteiger partial charge on any atom is 0.0928 e. The molecule has 7 heteroatoms. The molecule has 0 radical (unpaired) electrons. The molecule has 0 saturated heterocycles. The second-order valence-electron chi connectivity index (χ2n) is 4.33. The zero-order valence-electron chi connectivity index (χ0n) is 11.4. The Morgan fingerprint density at radius 3 is 2.79 bits per heavy atom. The summed E-state index contributed by atoms with van der Waals surface area (Å²) in [6.07, 6.45) is 1.78. The van der Waals surface area contributed by atoms with Crippen LogP contribution >= 0.6 is 27.5 Å². The van der Waals surface area contributed by atoms with Gasteiger partial charge in [-0.05, 0) is 40.4 Å². The first kappa shape index (κ1) is 14.6. The first-order valence-electron chi connectivity index (χ1n) is 6.37. The molecule has 19 heavy (non-hydrogen) atoms. The van der Waals surface area contributed by atoms with Crippen molar-refractivity contribution in [1.29, 1.82) is 0 Å². The van der Waals surface area contributed by atoms with Crippen LogP contribution in [0.2, 0.25) is 0 Å². The van der Waals surface area contributed by atoms with Crippen LogP contribution in [0, 0.1) is 0 Å². The van der Waals surface area contributed by atoms with Crippen LogP contribution in [0.3, 0.4) is 0 Å². The summed E-state index contributed by atoms with van der Waals surface area (Å²) in [6, 6.07) is 0.181. The van der Waals surface area contributed by atoms with Crippen molar-refractivity contribution in [1.82, 2.24) is 24.7 Å². The Morgan fingerprint density at radius 1 is 1.47 bits per heavy atom. The van der Waals surface area contributed by atoms with E-state index in [1.807, 2.05) is 17.1 Å². The average Bonchev–Trinajstić information content (AvgIpc) is 3.01. The quantitative estimate of drug-likeness (QED) is 0.875. The van der Waals surface area contributed by atoms with Gasteiger partial charge in [-0.2, -0.15) is 5.10 Å². The third kappa shape index (κ3) is 3.21. The van der Waals surface area contributed by atoms with E-state index < -0.39 is 0 Å². The lowest BCUT2D eigenvalue weighted by Crippen LogP contribution is -2.24. The van der Waals surface area contributed by atoms with Crippen molar-refractivity contribution >= 4 is 27.5 Å². The van der Waals surface area contributed by atoms with Crippen molar-refractivity contribution in [2.45, 2.75) is 32.7 Å². The van der Waals surface area contributed by atoms with E-state index in [2.05, 4.69) is 49.8 Å². The molecule has 2 heterocycles. The Morgan fingerprint density at radius 2 is 2.26 bits per heavy atom. The summed E-state index contributed by atoms with van der Waals surface area (Å²) in [4.78, 5) is 0. The molecule has 0 fully saturated rings. The van der Waals surface area contributed by atoms with E-state index >= 15 is 0 Å². The summed E-state index contributed by atoms with van der Waals surface area (Å²) >= 11 is 5.05. The first-order valence-corrected chi connectivity index (χ1v) is 8.00. The van der Waals surface area contributed by atoms with E-state index in [-0.39, 0.29) is 6.04 Å². The van der Waals surface area contributed by atoms with Gasteiger partial charge in [0.15, 0.2) is 0 Å². The van der Waals surface area contributed by atoms with Gasteiger partial charge in [0.2, 0.25) is 0 Å². The molecule has 0 aliphatic heterocycles. The molecule has 2 rings (SSSR count). The maximum absolute atomic E-state index is 4.53. The second-order valence-corrected chi connectivity index (χ2v) is 5.73. The van der Waals surface area contributed by atoms with Crippen molar-refractivity contribution in [2.75, 3.05) is 6.54 Å². The number of halogens is 1. The third-order valence-corrected chi connectivity index (χ3v) is 4.52. The monoisotopic (exact) mass is 343 g/mol. The zero-order valence-corrected chi connectivity index (χ0v) is 13.8. The van der Waals surface area contributed by atoms with E-state index in [1.54, 1.807) is 0 Å². The summed E-state index contributed by atoms with van der Waals surface area (Å²) in [7, 11) is 1.99. The number of hydrogen-bond acceptors (Lipinski definition) is 5. The minimum atomic E-state index is 0.181. The fraction of sp³-hybridized carbons (Fsp3) is 0.583. The summed E-state index contributed by atoms with van der Waals surface area (Å²) in [6.45, 7) is 5.11. The Bertz CT molecular complexity index is 522. The van der Waals surface area contributed by atoms with Crippen LogP contribution in [-0.4, -0.2) is 25.9 Å². The number of aromatic nitrogens is 4. The van der Waals surface area contributed by atoms with Crippen LogP contribution in [0.1, 0.15) is 37.0 Å². The number of hydrogen-bond donors (Lipinski definition) is 1. The van der Waals surface area contributed by atoms with Crippen molar-refractivity contribution in [3.8, 4) is 0 Å². The number of nitrogens with zero attached hydrogens (tertiary/aromatic N) is 4. The number of likely N-dealkylation sites (N-methyl/N-ethyl adjacent to an activating group) is 1. The highest BCUT2D eigenvalue weighted by atomic mass is 79.9. The lowest BCUT2D eigenvalue weighted by Gasteiger charge is -2.15. The van der Waals surface area contributed by atoms with E-state index in [9.17, 15) is 0 Å². The van der Waals surface area contributed by atoms with E-state index in [0.717, 1.165) is 35.2 Å². The molecule has 0 saturated carbocycles. The normalized spacial score (nSPS) is 12.8. The fourth-order valence-electron chi connectivity index (χ4n) is 2.09. The van der Waals surface area contributed by atoms with Crippen molar-refractivity contribution in [3.63, 3.8) is 0 Å². The van der Waals surface area contributed by atoms with Gasteiger partial charge in [0.05, 0.1) is 27.6 Å². The Kier molecular flexibility index (Phi) is 5.06. The Labute approximate surface area is 125 Å². The van der Waals surface area contributed by atoms with Gasteiger partial charge >= 0.3 is 0 Å². The van der Waals surface area contributed by atoms with Gasteiger partial charge in [-0.3, -0.25) is 4.68 Å². The fourth-order valence-corrected chi connectivity index (χ4v) is 3.37. The molecular formula is C12H18BrN5S. The predicted molar refractivity (Wildman–Crippen MR) is 80.3 cm³/mol. The number of nitrogens with one attached hydrogen (secondary N) is 1. The third-order valence-electron chi connectivity index (χ3n) is 3.08. The van der Waals surface area contributed by atoms with E-state index in [1.165, 1.54) is 17.2 Å². The van der Waals surface area contributed by atoms with Gasteiger partial charge < -0.3 is 5.32 Å². The molecule has 1 N–H and O–H groups in total. The van der Waals surface area contributed by atoms with Gasteiger partial charge in [-0.25, -0.2) is 0 Å².